The van der Waals surface area contributed by atoms with E-state index in [1.165, 1.54) is 11.1 Å². The van der Waals surface area contributed by atoms with E-state index in [0.29, 0.717) is 11.3 Å². The Labute approximate surface area is 157 Å². The van der Waals surface area contributed by atoms with Gasteiger partial charge in [-0.1, -0.05) is 42.5 Å². The number of ether oxygens (including phenoxy) is 2. The van der Waals surface area contributed by atoms with E-state index < -0.39 is 5.97 Å². The van der Waals surface area contributed by atoms with Crippen LogP contribution in [0.1, 0.15) is 27.9 Å². The van der Waals surface area contributed by atoms with E-state index in [9.17, 15) is 9.59 Å². The van der Waals surface area contributed by atoms with Crippen LogP contribution in [0.15, 0.2) is 60.7 Å². The molecule has 0 aromatic heterocycles. The maximum Gasteiger partial charge on any atom is 0.344 e. The number of aryl methyl sites for hydroxylation is 2. The average molecular weight is 360 g/mol. The highest BCUT2D eigenvalue weighted by Crippen LogP contribution is 2.26. The van der Waals surface area contributed by atoms with Crippen molar-refractivity contribution >= 4 is 22.5 Å². The van der Waals surface area contributed by atoms with Crippen LogP contribution in [0.5, 0.6) is 5.75 Å². The largest absolute Gasteiger partial charge is 0.482 e. The number of carbonyl (C=O) groups is 2. The Morgan fingerprint density at radius 1 is 0.815 bits per heavy atom. The van der Waals surface area contributed by atoms with E-state index in [4.69, 9.17) is 9.47 Å². The Hall–Kier alpha value is -3.14. The molecule has 0 saturated carbocycles. The number of hydrogen-bond acceptors (Lipinski definition) is 4. The fraction of sp³-hybridized carbons (Fsp3) is 0.217. The molecule has 3 aromatic rings. The van der Waals surface area contributed by atoms with Crippen molar-refractivity contribution in [2.45, 2.75) is 19.3 Å². The number of Topliss-reactive ketones (excluding diaryl/α,β-unsaturated/α-hetero) is 1. The Morgan fingerprint density at radius 2 is 1.63 bits per heavy atom. The predicted octanol–water partition coefficient (Wildman–Crippen LogP) is 4.13. The van der Waals surface area contributed by atoms with Crippen molar-refractivity contribution in [2.24, 2.45) is 0 Å². The van der Waals surface area contributed by atoms with Gasteiger partial charge in [-0.2, -0.15) is 0 Å². The van der Waals surface area contributed by atoms with Crippen molar-refractivity contribution in [1.29, 1.82) is 0 Å². The van der Waals surface area contributed by atoms with E-state index in [2.05, 4.69) is 0 Å². The third kappa shape index (κ3) is 4.00. The van der Waals surface area contributed by atoms with Crippen LogP contribution < -0.4 is 4.74 Å². The zero-order valence-corrected chi connectivity index (χ0v) is 14.9. The highest BCUT2D eigenvalue weighted by atomic mass is 16.6. The van der Waals surface area contributed by atoms with E-state index in [1.54, 1.807) is 6.07 Å². The molecule has 0 heterocycles. The summed E-state index contributed by atoms with van der Waals surface area (Å²) in [4.78, 5) is 24.2. The summed E-state index contributed by atoms with van der Waals surface area (Å²) in [5.74, 6) is -0.121. The molecule has 0 spiro atoms. The third-order valence-electron chi connectivity index (χ3n) is 4.86. The molecule has 0 atom stereocenters. The Balaban J connectivity index is 1.30. The lowest BCUT2D eigenvalue weighted by Gasteiger charge is -2.08. The van der Waals surface area contributed by atoms with Gasteiger partial charge in [0.05, 0.1) is 0 Å². The number of hydrogen-bond donors (Lipinski definition) is 0. The van der Waals surface area contributed by atoms with Crippen LogP contribution in [-0.4, -0.2) is 25.0 Å². The van der Waals surface area contributed by atoms with Crippen LogP contribution >= 0.6 is 0 Å². The van der Waals surface area contributed by atoms with E-state index >= 15 is 0 Å². The van der Waals surface area contributed by atoms with Gasteiger partial charge in [-0.15, -0.1) is 0 Å². The van der Waals surface area contributed by atoms with Gasteiger partial charge in [0, 0.05) is 5.56 Å². The van der Waals surface area contributed by atoms with Gasteiger partial charge < -0.3 is 9.47 Å². The molecule has 0 saturated heterocycles. The number of carbonyl (C=O) groups excluding carboxylic acids is 2. The fourth-order valence-corrected chi connectivity index (χ4v) is 3.41. The quantitative estimate of drug-likeness (QED) is 0.490. The lowest BCUT2D eigenvalue weighted by atomic mass is 10.0. The second-order valence-corrected chi connectivity index (χ2v) is 6.72. The van der Waals surface area contributed by atoms with Gasteiger partial charge in [0.15, 0.2) is 19.0 Å². The lowest BCUT2D eigenvalue weighted by molar-refractivity contribution is -0.144. The summed E-state index contributed by atoms with van der Waals surface area (Å²) in [6.07, 6.45) is 3.32. The molecule has 3 aromatic carbocycles. The minimum Gasteiger partial charge on any atom is -0.482 e. The zero-order valence-electron chi connectivity index (χ0n) is 14.9. The topological polar surface area (TPSA) is 52.6 Å². The molecule has 0 bridgehead atoms. The van der Waals surface area contributed by atoms with Crippen LogP contribution in [0.3, 0.4) is 0 Å². The second kappa shape index (κ2) is 7.62. The first-order valence-corrected chi connectivity index (χ1v) is 9.11. The minimum atomic E-state index is -0.551. The summed E-state index contributed by atoms with van der Waals surface area (Å²) < 4.78 is 10.6. The van der Waals surface area contributed by atoms with Crippen molar-refractivity contribution in [1.82, 2.24) is 0 Å². The van der Waals surface area contributed by atoms with Crippen molar-refractivity contribution < 1.29 is 19.1 Å². The van der Waals surface area contributed by atoms with Crippen LogP contribution in [0.4, 0.5) is 0 Å². The van der Waals surface area contributed by atoms with Gasteiger partial charge in [-0.25, -0.2) is 4.79 Å². The van der Waals surface area contributed by atoms with Crippen LogP contribution in [0.2, 0.25) is 0 Å². The van der Waals surface area contributed by atoms with Crippen molar-refractivity contribution in [3.05, 3.63) is 77.4 Å². The molecule has 1 aliphatic rings. The highest BCUT2D eigenvalue weighted by Gasteiger charge is 2.13. The summed E-state index contributed by atoms with van der Waals surface area (Å²) in [5.41, 5.74) is 3.17. The first kappa shape index (κ1) is 17.3. The molecule has 0 fully saturated rings. The molecular weight excluding hydrogens is 340 g/mol. The average Bonchev–Trinajstić information content (AvgIpc) is 3.18. The summed E-state index contributed by atoms with van der Waals surface area (Å²) in [6, 6.07) is 19.2. The predicted molar refractivity (Wildman–Crippen MR) is 103 cm³/mol. The summed E-state index contributed by atoms with van der Waals surface area (Å²) >= 11 is 0. The summed E-state index contributed by atoms with van der Waals surface area (Å²) in [5, 5.41) is 2.04. The molecular formula is C23H20O4. The first-order chi connectivity index (χ1) is 13.2. The second-order valence-electron chi connectivity index (χ2n) is 6.72. The standard InChI is InChI=1S/C23H20O4/c24-22(20-9-8-16-4-1-2-5-18(16)12-20)14-27-23(25)15-26-21-11-10-17-6-3-7-19(17)13-21/h1-2,4-5,8-13H,3,6-7,14-15H2. The number of ketones is 1. The Kier molecular flexibility index (Phi) is 4.88. The molecule has 0 unspecified atom stereocenters. The molecule has 1 aliphatic carbocycles. The molecule has 0 N–H and O–H groups in total. The van der Waals surface area contributed by atoms with Crippen molar-refractivity contribution in [3.8, 4) is 5.75 Å². The van der Waals surface area contributed by atoms with Crippen LogP contribution in [0, 0.1) is 0 Å². The van der Waals surface area contributed by atoms with Gasteiger partial charge in [0.2, 0.25) is 0 Å². The SMILES string of the molecule is O=C(COc1ccc2c(c1)CCC2)OCC(=O)c1ccc2ccccc2c1. The fourth-order valence-electron chi connectivity index (χ4n) is 3.41. The van der Waals surface area contributed by atoms with Gasteiger partial charge in [-0.05, 0) is 59.4 Å². The molecule has 0 radical (unpaired) electrons. The minimum absolute atomic E-state index is 0.205. The maximum atomic E-state index is 12.3. The third-order valence-corrected chi connectivity index (χ3v) is 4.86. The monoisotopic (exact) mass is 360 g/mol. The smallest absolute Gasteiger partial charge is 0.344 e. The molecule has 136 valence electrons. The molecule has 27 heavy (non-hydrogen) atoms. The van der Waals surface area contributed by atoms with Crippen molar-refractivity contribution in [2.75, 3.05) is 13.2 Å². The van der Waals surface area contributed by atoms with Gasteiger partial charge in [0.25, 0.3) is 0 Å². The van der Waals surface area contributed by atoms with Gasteiger partial charge in [-0.3, -0.25) is 4.79 Å². The molecule has 4 rings (SSSR count). The van der Waals surface area contributed by atoms with Crippen molar-refractivity contribution in [3.63, 3.8) is 0 Å². The normalized spacial score (nSPS) is 12.6. The van der Waals surface area contributed by atoms with E-state index in [1.807, 2.05) is 54.6 Å². The van der Waals surface area contributed by atoms with E-state index in [0.717, 1.165) is 30.0 Å². The summed E-state index contributed by atoms with van der Waals surface area (Å²) in [6.45, 7) is -0.492. The number of benzene rings is 3. The molecule has 4 heteroatoms. The van der Waals surface area contributed by atoms with Gasteiger partial charge >= 0.3 is 5.97 Å². The number of esters is 1. The number of rotatable bonds is 6. The highest BCUT2D eigenvalue weighted by molar-refractivity contribution is 6.01. The summed E-state index contributed by atoms with van der Waals surface area (Å²) in [7, 11) is 0. The van der Waals surface area contributed by atoms with Crippen LogP contribution in [-0.2, 0) is 22.4 Å². The maximum absolute atomic E-state index is 12.3. The molecule has 4 nitrogen and oxygen atoms in total. The Morgan fingerprint density at radius 3 is 2.52 bits per heavy atom. The molecule has 0 aliphatic heterocycles. The number of fused-ring (bicyclic) bond motifs is 2. The first-order valence-electron chi connectivity index (χ1n) is 9.11. The lowest BCUT2D eigenvalue weighted by Crippen LogP contribution is -2.19. The van der Waals surface area contributed by atoms with Crippen LogP contribution in [0.25, 0.3) is 10.8 Å². The molecule has 0 amide bonds. The Bertz CT molecular complexity index is 1010. The van der Waals surface area contributed by atoms with E-state index in [-0.39, 0.29) is 19.0 Å². The van der Waals surface area contributed by atoms with Gasteiger partial charge in [0.1, 0.15) is 5.75 Å². The zero-order chi connectivity index (χ0) is 18.6.